The normalized spacial score (nSPS) is 11.5. The second-order valence-electron chi connectivity index (χ2n) is 4.82. The maximum Gasteiger partial charge on any atom is 0.242 e. The number of hydrogen-bond donors (Lipinski definition) is 1. The molecule has 0 bridgehead atoms. The fraction of sp³-hybridized carbons (Fsp3) is 0.214. The molecule has 1 heterocycles. The lowest BCUT2D eigenvalue weighted by Gasteiger charge is -2.13. The minimum atomic E-state index is -3.61. The van der Waals surface area contributed by atoms with E-state index in [0.29, 0.717) is 8.95 Å². The van der Waals surface area contributed by atoms with Crippen LogP contribution in [0.25, 0.3) is 0 Å². The van der Waals surface area contributed by atoms with E-state index in [1.54, 1.807) is 30.5 Å². The molecule has 0 aliphatic rings. The van der Waals surface area contributed by atoms with Crippen LogP contribution in [0, 0.1) is 0 Å². The second kappa shape index (κ2) is 7.08. The lowest BCUT2D eigenvalue weighted by Crippen LogP contribution is -2.24. The average molecular weight is 449 g/mol. The molecule has 1 aromatic heterocycles. The maximum atomic E-state index is 12.4. The number of halogens is 2. The lowest BCUT2D eigenvalue weighted by atomic mass is 10.2. The minimum absolute atomic E-state index is 0.198. The molecule has 0 fully saturated rings. The Labute approximate surface area is 147 Å². The Morgan fingerprint density at radius 3 is 2.59 bits per heavy atom. The molecule has 1 aromatic carbocycles. The highest BCUT2D eigenvalue weighted by atomic mass is 79.9. The van der Waals surface area contributed by atoms with Gasteiger partial charge in [-0.05, 0) is 51.8 Å². The fourth-order valence-electron chi connectivity index (χ4n) is 1.75. The standard InChI is InChI=1S/C14H15Br2N3O2S/c1-19(2)14-7-10(5-6-17-14)9-18-22(20,21)13-8-11(15)3-4-12(13)16/h3-8,18H,9H2,1-2H3. The van der Waals surface area contributed by atoms with Crippen LogP contribution in [-0.4, -0.2) is 27.5 Å². The van der Waals surface area contributed by atoms with Crippen molar-refractivity contribution in [1.29, 1.82) is 0 Å². The fourth-order valence-corrected chi connectivity index (χ4v) is 4.27. The third kappa shape index (κ3) is 4.28. The van der Waals surface area contributed by atoms with Crippen molar-refractivity contribution in [3.05, 3.63) is 51.0 Å². The Morgan fingerprint density at radius 1 is 1.18 bits per heavy atom. The molecular formula is C14H15Br2N3O2S. The summed E-state index contributed by atoms with van der Waals surface area (Å²) in [5.41, 5.74) is 0.841. The summed E-state index contributed by atoms with van der Waals surface area (Å²) in [5, 5.41) is 0. The molecule has 0 saturated heterocycles. The maximum absolute atomic E-state index is 12.4. The van der Waals surface area contributed by atoms with Crippen LogP contribution in [0.1, 0.15) is 5.56 Å². The molecule has 118 valence electrons. The highest BCUT2D eigenvalue weighted by molar-refractivity contribution is 9.11. The molecule has 0 amide bonds. The van der Waals surface area contributed by atoms with Crippen LogP contribution in [0.2, 0.25) is 0 Å². The van der Waals surface area contributed by atoms with Crippen LogP contribution in [0.4, 0.5) is 5.82 Å². The molecule has 22 heavy (non-hydrogen) atoms. The molecule has 0 aliphatic heterocycles. The van der Waals surface area contributed by atoms with Crippen molar-refractivity contribution in [1.82, 2.24) is 9.71 Å². The first-order valence-electron chi connectivity index (χ1n) is 6.36. The third-order valence-electron chi connectivity index (χ3n) is 2.92. The van der Waals surface area contributed by atoms with E-state index in [-0.39, 0.29) is 11.4 Å². The number of hydrogen-bond acceptors (Lipinski definition) is 4. The Morgan fingerprint density at radius 2 is 1.91 bits per heavy atom. The van der Waals surface area contributed by atoms with E-state index in [1.165, 1.54) is 0 Å². The van der Waals surface area contributed by atoms with E-state index in [0.717, 1.165) is 11.4 Å². The molecule has 0 spiro atoms. The zero-order valence-corrected chi connectivity index (χ0v) is 16.0. The van der Waals surface area contributed by atoms with E-state index in [4.69, 9.17) is 0 Å². The van der Waals surface area contributed by atoms with Gasteiger partial charge in [0.15, 0.2) is 0 Å². The van der Waals surface area contributed by atoms with Crippen molar-refractivity contribution < 1.29 is 8.42 Å². The third-order valence-corrected chi connectivity index (χ3v) is 5.81. The van der Waals surface area contributed by atoms with Crippen molar-refractivity contribution in [3.63, 3.8) is 0 Å². The summed E-state index contributed by atoms with van der Waals surface area (Å²) in [6, 6.07) is 8.65. The number of rotatable bonds is 5. The van der Waals surface area contributed by atoms with Gasteiger partial charge >= 0.3 is 0 Å². The lowest BCUT2D eigenvalue weighted by molar-refractivity contribution is 0.580. The van der Waals surface area contributed by atoms with E-state index >= 15 is 0 Å². The van der Waals surface area contributed by atoms with Crippen LogP contribution in [-0.2, 0) is 16.6 Å². The zero-order valence-electron chi connectivity index (χ0n) is 12.0. The number of benzene rings is 1. The summed E-state index contributed by atoms with van der Waals surface area (Å²) < 4.78 is 28.6. The molecule has 8 heteroatoms. The summed E-state index contributed by atoms with van der Waals surface area (Å²) in [6.45, 7) is 0.199. The predicted molar refractivity (Wildman–Crippen MR) is 94.4 cm³/mol. The number of sulfonamides is 1. The van der Waals surface area contributed by atoms with Crippen LogP contribution in [0.5, 0.6) is 0 Å². The van der Waals surface area contributed by atoms with E-state index in [1.807, 2.05) is 25.1 Å². The number of anilines is 1. The smallest absolute Gasteiger partial charge is 0.242 e. The predicted octanol–water partition coefficient (Wildman–Crippen LogP) is 3.15. The van der Waals surface area contributed by atoms with Gasteiger partial charge in [0, 0.05) is 35.8 Å². The number of pyridine rings is 1. The molecule has 0 saturated carbocycles. The molecule has 2 rings (SSSR count). The van der Waals surface area contributed by atoms with E-state index in [2.05, 4.69) is 41.6 Å². The molecule has 2 aromatic rings. The quantitative estimate of drug-likeness (QED) is 0.763. The molecule has 0 aliphatic carbocycles. The molecule has 0 radical (unpaired) electrons. The van der Waals surface area contributed by atoms with Crippen molar-refractivity contribution in [3.8, 4) is 0 Å². The highest BCUT2D eigenvalue weighted by Gasteiger charge is 2.17. The number of nitrogens with zero attached hydrogens (tertiary/aromatic N) is 2. The van der Waals surface area contributed by atoms with Crippen LogP contribution >= 0.6 is 31.9 Å². The van der Waals surface area contributed by atoms with Gasteiger partial charge in [0.05, 0.1) is 4.90 Å². The van der Waals surface area contributed by atoms with Gasteiger partial charge < -0.3 is 4.90 Å². The highest BCUT2D eigenvalue weighted by Crippen LogP contribution is 2.25. The Kier molecular flexibility index (Phi) is 5.60. The van der Waals surface area contributed by atoms with Crippen molar-refractivity contribution >= 4 is 47.7 Å². The van der Waals surface area contributed by atoms with Gasteiger partial charge in [-0.3, -0.25) is 0 Å². The summed E-state index contributed by atoms with van der Waals surface area (Å²) in [6.07, 6.45) is 1.66. The number of aromatic nitrogens is 1. The van der Waals surface area contributed by atoms with Crippen molar-refractivity contribution in [2.24, 2.45) is 0 Å². The second-order valence-corrected chi connectivity index (χ2v) is 8.32. The topological polar surface area (TPSA) is 62.3 Å². The monoisotopic (exact) mass is 447 g/mol. The van der Waals surface area contributed by atoms with Gasteiger partial charge in [-0.2, -0.15) is 0 Å². The Hall–Kier alpha value is -0.960. The molecule has 1 N–H and O–H groups in total. The van der Waals surface area contributed by atoms with Crippen LogP contribution < -0.4 is 9.62 Å². The summed E-state index contributed by atoms with van der Waals surface area (Å²) >= 11 is 6.55. The molecule has 0 atom stereocenters. The first kappa shape index (κ1) is 17.4. The zero-order chi connectivity index (χ0) is 16.3. The summed E-state index contributed by atoms with van der Waals surface area (Å²) in [4.78, 5) is 6.26. The van der Waals surface area contributed by atoms with Crippen molar-refractivity contribution in [2.45, 2.75) is 11.4 Å². The Bertz CT molecular complexity index is 779. The average Bonchev–Trinajstić information content (AvgIpc) is 2.48. The van der Waals surface area contributed by atoms with Crippen LogP contribution in [0.3, 0.4) is 0 Å². The van der Waals surface area contributed by atoms with Crippen LogP contribution in [0.15, 0.2) is 50.4 Å². The van der Waals surface area contributed by atoms with E-state index < -0.39 is 10.0 Å². The summed E-state index contributed by atoms with van der Waals surface area (Å²) in [5.74, 6) is 0.778. The first-order chi connectivity index (χ1) is 10.3. The van der Waals surface area contributed by atoms with Crippen molar-refractivity contribution in [2.75, 3.05) is 19.0 Å². The number of nitrogens with one attached hydrogen (secondary N) is 1. The molecule has 5 nitrogen and oxygen atoms in total. The largest absolute Gasteiger partial charge is 0.363 e. The SMILES string of the molecule is CN(C)c1cc(CNS(=O)(=O)c2cc(Br)ccc2Br)ccn1. The first-order valence-corrected chi connectivity index (χ1v) is 9.43. The summed E-state index contributed by atoms with van der Waals surface area (Å²) in [7, 11) is 0.162. The van der Waals surface area contributed by atoms with E-state index in [9.17, 15) is 8.42 Å². The van der Waals surface area contributed by atoms with Gasteiger partial charge in [0.25, 0.3) is 0 Å². The van der Waals surface area contributed by atoms with Gasteiger partial charge in [-0.25, -0.2) is 18.1 Å². The van der Waals surface area contributed by atoms with Gasteiger partial charge in [0.2, 0.25) is 10.0 Å². The minimum Gasteiger partial charge on any atom is -0.363 e. The van der Waals surface area contributed by atoms with Gasteiger partial charge in [0.1, 0.15) is 5.82 Å². The molecule has 0 unspecified atom stereocenters. The molecular weight excluding hydrogens is 434 g/mol. The van der Waals surface area contributed by atoms with Gasteiger partial charge in [-0.1, -0.05) is 15.9 Å². The van der Waals surface area contributed by atoms with Gasteiger partial charge in [-0.15, -0.1) is 0 Å². The Balaban J connectivity index is 2.20.